The van der Waals surface area contributed by atoms with E-state index in [2.05, 4.69) is 19.9 Å². The van der Waals surface area contributed by atoms with Gasteiger partial charge in [-0.25, -0.2) is 0 Å². The van der Waals surface area contributed by atoms with E-state index in [9.17, 15) is 0 Å². The van der Waals surface area contributed by atoms with E-state index in [1.54, 1.807) is 11.3 Å². The zero-order chi connectivity index (χ0) is 15.2. The van der Waals surface area contributed by atoms with Crippen molar-refractivity contribution in [1.82, 2.24) is 19.9 Å². The zero-order valence-corrected chi connectivity index (χ0v) is 13.7. The summed E-state index contributed by atoms with van der Waals surface area (Å²) in [4.78, 5) is 9.28. The fourth-order valence-electron chi connectivity index (χ4n) is 2.53. The largest absolute Gasteiger partial charge is 0.380 e. The Kier molecular flexibility index (Phi) is 5.55. The van der Waals surface area contributed by atoms with Gasteiger partial charge in [-0.2, -0.15) is 16.3 Å². The maximum Gasteiger partial charge on any atom is 0.241 e. The highest BCUT2D eigenvalue weighted by Gasteiger charge is 2.19. The van der Waals surface area contributed by atoms with Crippen molar-refractivity contribution in [2.45, 2.75) is 13.5 Å². The molecule has 1 aliphatic heterocycles. The highest BCUT2D eigenvalue weighted by Crippen LogP contribution is 2.19. The molecule has 0 bridgehead atoms. The van der Waals surface area contributed by atoms with Crippen molar-refractivity contribution < 1.29 is 9.26 Å². The van der Waals surface area contributed by atoms with Crippen LogP contribution in [-0.4, -0.2) is 65.9 Å². The minimum absolute atomic E-state index is 0.687. The molecule has 1 saturated heterocycles. The van der Waals surface area contributed by atoms with E-state index in [0.717, 1.165) is 58.0 Å². The molecule has 0 aromatic carbocycles. The van der Waals surface area contributed by atoms with E-state index in [0.29, 0.717) is 11.7 Å². The number of thiophene rings is 1. The van der Waals surface area contributed by atoms with Crippen molar-refractivity contribution in [3.05, 3.63) is 22.7 Å². The van der Waals surface area contributed by atoms with Crippen LogP contribution in [0.1, 0.15) is 12.8 Å². The average Bonchev–Trinajstić information content (AvgIpc) is 3.20. The maximum absolute atomic E-state index is 5.41. The average molecular weight is 322 g/mol. The molecular formula is C15H22N4O2S. The van der Waals surface area contributed by atoms with Gasteiger partial charge in [0.15, 0.2) is 0 Å². The van der Waals surface area contributed by atoms with Gasteiger partial charge in [-0.15, -0.1) is 0 Å². The molecule has 120 valence electrons. The van der Waals surface area contributed by atoms with Gasteiger partial charge < -0.3 is 9.26 Å². The summed E-state index contributed by atoms with van der Waals surface area (Å²) in [6.07, 6.45) is 0. The fraction of sp³-hybridized carbons (Fsp3) is 0.600. The van der Waals surface area contributed by atoms with Crippen molar-refractivity contribution in [3.8, 4) is 11.4 Å². The summed E-state index contributed by atoms with van der Waals surface area (Å²) in [7, 11) is 0. The summed E-state index contributed by atoms with van der Waals surface area (Å²) in [6, 6.07) is 2.01. The summed E-state index contributed by atoms with van der Waals surface area (Å²) in [5, 5.41) is 8.11. The zero-order valence-electron chi connectivity index (χ0n) is 12.9. The summed E-state index contributed by atoms with van der Waals surface area (Å²) in [5.41, 5.74) is 1.03. The fourth-order valence-corrected chi connectivity index (χ4v) is 3.16. The van der Waals surface area contributed by atoms with Crippen LogP contribution in [0, 0.1) is 0 Å². The molecule has 6 nitrogen and oxygen atoms in total. The van der Waals surface area contributed by atoms with Crippen molar-refractivity contribution in [1.29, 1.82) is 0 Å². The maximum atomic E-state index is 5.41. The van der Waals surface area contributed by atoms with Crippen LogP contribution in [0.2, 0.25) is 0 Å². The predicted molar refractivity (Wildman–Crippen MR) is 85.8 cm³/mol. The second-order valence-corrected chi connectivity index (χ2v) is 6.12. The summed E-state index contributed by atoms with van der Waals surface area (Å²) in [5.74, 6) is 1.38. The van der Waals surface area contributed by atoms with Crippen molar-refractivity contribution >= 4 is 11.3 Å². The SMILES string of the molecule is CCOCCN1CCN(Cc2nc(-c3ccsc3)no2)CC1. The number of hydrogen-bond donors (Lipinski definition) is 0. The normalized spacial score (nSPS) is 17.1. The highest BCUT2D eigenvalue weighted by atomic mass is 32.1. The molecule has 0 aliphatic carbocycles. The Morgan fingerprint density at radius 3 is 2.82 bits per heavy atom. The number of piperazine rings is 1. The van der Waals surface area contributed by atoms with Gasteiger partial charge in [0.2, 0.25) is 11.7 Å². The molecule has 0 unspecified atom stereocenters. The Labute approximate surface area is 134 Å². The first-order valence-electron chi connectivity index (χ1n) is 7.72. The molecule has 22 heavy (non-hydrogen) atoms. The molecule has 0 atom stereocenters. The second-order valence-electron chi connectivity index (χ2n) is 5.34. The number of nitrogens with zero attached hydrogens (tertiary/aromatic N) is 4. The van der Waals surface area contributed by atoms with Crippen molar-refractivity contribution in [2.75, 3.05) is 45.9 Å². The van der Waals surface area contributed by atoms with Crippen LogP contribution in [0.5, 0.6) is 0 Å². The van der Waals surface area contributed by atoms with Gasteiger partial charge in [0.25, 0.3) is 0 Å². The quantitative estimate of drug-likeness (QED) is 0.726. The molecule has 2 aromatic heterocycles. The Morgan fingerprint density at radius 2 is 2.09 bits per heavy atom. The molecule has 3 heterocycles. The Hall–Kier alpha value is -1.28. The lowest BCUT2D eigenvalue weighted by Gasteiger charge is -2.33. The highest BCUT2D eigenvalue weighted by molar-refractivity contribution is 7.08. The summed E-state index contributed by atoms with van der Waals surface area (Å²) in [6.45, 7) is 9.60. The van der Waals surface area contributed by atoms with Crippen molar-refractivity contribution in [2.24, 2.45) is 0 Å². The second kappa shape index (κ2) is 7.82. The monoisotopic (exact) mass is 322 g/mol. The van der Waals surface area contributed by atoms with E-state index >= 15 is 0 Å². The number of ether oxygens (including phenoxy) is 1. The molecular weight excluding hydrogens is 300 g/mol. The minimum atomic E-state index is 0.687. The third-order valence-corrected chi connectivity index (χ3v) is 4.51. The van der Waals surface area contributed by atoms with Crippen LogP contribution in [0.25, 0.3) is 11.4 Å². The topological polar surface area (TPSA) is 54.6 Å². The lowest BCUT2D eigenvalue weighted by Crippen LogP contribution is -2.46. The molecule has 1 fully saturated rings. The Balaban J connectivity index is 1.45. The molecule has 0 saturated carbocycles. The van der Waals surface area contributed by atoms with Crippen molar-refractivity contribution in [3.63, 3.8) is 0 Å². The third-order valence-electron chi connectivity index (χ3n) is 3.83. The van der Waals surface area contributed by atoms with Crippen LogP contribution in [0.15, 0.2) is 21.3 Å². The van der Waals surface area contributed by atoms with E-state index in [4.69, 9.17) is 9.26 Å². The van der Waals surface area contributed by atoms with Gasteiger partial charge in [-0.05, 0) is 18.4 Å². The van der Waals surface area contributed by atoms with E-state index in [1.807, 2.05) is 23.8 Å². The summed E-state index contributed by atoms with van der Waals surface area (Å²) >= 11 is 1.64. The third kappa shape index (κ3) is 4.13. The van der Waals surface area contributed by atoms with Gasteiger partial charge in [0, 0.05) is 50.3 Å². The molecule has 7 heteroatoms. The molecule has 0 radical (unpaired) electrons. The van der Waals surface area contributed by atoms with Gasteiger partial charge in [0.1, 0.15) is 0 Å². The van der Waals surface area contributed by atoms with Crippen LogP contribution < -0.4 is 0 Å². The van der Waals surface area contributed by atoms with E-state index < -0.39 is 0 Å². The Bertz CT molecular complexity index is 550. The van der Waals surface area contributed by atoms with Crippen LogP contribution in [0.4, 0.5) is 0 Å². The first kappa shape index (κ1) is 15.6. The molecule has 2 aromatic rings. The predicted octanol–water partition coefficient (Wildman–Crippen LogP) is 1.95. The van der Waals surface area contributed by atoms with Gasteiger partial charge >= 0.3 is 0 Å². The van der Waals surface area contributed by atoms with Gasteiger partial charge in [-0.1, -0.05) is 5.16 Å². The van der Waals surface area contributed by atoms with Gasteiger partial charge in [0.05, 0.1) is 13.2 Å². The molecule has 0 spiro atoms. The summed E-state index contributed by atoms with van der Waals surface area (Å²) < 4.78 is 10.8. The van der Waals surface area contributed by atoms with E-state index in [1.165, 1.54) is 0 Å². The van der Waals surface area contributed by atoms with Crippen LogP contribution in [-0.2, 0) is 11.3 Å². The lowest BCUT2D eigenvalue weighted by molar-refractivity contribution is 0.0749. The van der Waals surface area contributed by atoms with Crippen LogP contribution >= 0.6 is 11.3 Å². The minimum Gasteiger partial charge on any atom is -0.380 e. The molecule has 3 rings (SSSR count). The number of rotatable bonds is 7. The first-order chi connectivity index (χ1) is 10.8. The standard InChI is InChI=1S/C15H22N4O2S/c1-2-20-9-8-18-4-6-19(7-5-18)11-14-16-15(17-21-14)13-3-10-22-12-13/h3,10,12H,2,4-9,11H2,1H3. The smallest absolute Gasteiger partial charge is 0.241 e. The molecule has 0 amide bonds. The number of aromatic nitrogens is 2. The molecule has 1 aliphatic rings. The molecule has 0 N–H and O–H groups in total. The first-order valence-corrected chi connectivity index (χ1v) is 8.67. The van der Waals surface area contributed by atoms with Gasteiger partial charge in [-0.3, -0.25) is 9.80 Å². The number of hydrogen-bond acceptors (Lipinski definition) is 7. The Morgan fingerprint density at radius 1 is 1.27 bits per heavy atom. The van der Waals surface area contributed by atoms with Crippen LogP contribution in [0.3, 0.4) is 0 Å². The van der Waals surface area contributed by atoms with E-state index in [-0.39, 0.29) is 0 Å². The lowest BCUT2D eigenvalue weighted by atomic mass is 10.3.